The number of rotatable bonds is 4. The standard InChI is InChI=1S/C19H27N3O2.ClH/c1-13-6-4-8-17(14(13)2)22-12-15(10-18(22)23)19(24)21-9-5-7-16(21)11-20-3;/h4,6,8,15-16,20H,5,7,9-12H2,1-3H3;1H. The fraction of sp³-hybridized carbons (Fsp3) is 0.579. The number of benzene rings is 1. The topological polar surface area (TPSA) is 52.7 Å². The third-order valence-corrected chi connectivity index (χ3v) is 5.44. The van der Waals surface area contributed by atoms with E-state index in [0.717, 1.165) is 37.2 Å². The van der Waals surface area contributed by atoms with Crippen molar-refractivity contribution < 1.29 is 9.59 Å². The first-order valence-corrected chi connectivity index (χ1v) is 8.84. The first-order chi connectivity index (χ1) is 11.5. The van der Waals surface area contributed by atoms with Crippen LogP contribution in [0.15, 0.2) is 18.2 Å². The fourth-order valence-corrected chi connectivity index (χ4v) is 3.94. The lowest BCUT2D eigenvalue weighted by Gasteiger charge is -2.27. The lowest BCUT2D eigenvalue weighted by atomic mass is 10.1. The second-order valence-corrected chi connectivity index (χ2v) is 7.01. The largest absolute Gasteiger partial charge is 0.338 e. The first kappa shape index (κ1) is 19.7. The highest BCUT2D eigenvalue weighted by Crippen LogP contribution is 2.31. The average molecular weight is 366 g/mol. The molecule has 1 aromatic carbocycles. The van der Waals surface area contributed by atoms with Crippen molar-refractivity contribution in [2.75, 3.05) is 31.6 Å². The molecule has 2 heterocycles. The smallest absolute Gasteiger partial charge is 0.228 e. The Bertz CT molecular complexity index is 650. The summed E-state index contributed by atoms with van der Waals surface area (Å²) in [6.07, 6.45) is 2.43. The molecule has 2 atom stereocenters. The number of hydrogen-bond donors (Lipinski definition) is 1. The van der Waals surface area contributed by atoms with Gasteiger partial charge in [-0.1, -0.05) is 12.1 Å². The van der Waals surface area contributed by atoms with E-state index >= 15 is 0 Å². The Morgan fingerprint density at radius 3 is 2.80 bits per heavy atom. The van der Waals surface area contributed by atoms with Gasteiger partial charge in [0.15, 0.2) is 0 Å². The number of likely N-dealkylation sites (N-methyl/N-ethyl adjacent to an activating group) is 1. The normalized spacial score (nSPS) is 23.1. The van der Waals surface area contributed by atoms with E-state index in [2.05, 4.69) is 18.3 Å². The molecule has 2 aliphatic rings. The van der Waals surface area contributed by atoms with Crippen LogP contribution in [0.3, 0.4) is 0 Å². The van der Waals surface area contributed by atoms with Crippen LogP contribution in [-0.2, 0) is 9.59 Å². The van der Waals surface area contributed by atoms with E-state index in [9.17, 15) is 9.59 Å². The summed E-state index contributed by atoms with van der Waals surface area (Å²) in [5.74, 6) is -0.00446. The van der Waals surface area contributed by atoms with Crippen LogP contribution in [0.25, 0.3) is 0 Å². The third kappa shape index (κ3) is 3.82. The van der Waals surface area contributed by atoms with Crippen molar-refractivity contribution in [3.05, 3.63) is 29.3 Å². The molecular weight excluding hydrogens is 338 g/mol. The molecule has 0 aliphatic carbocycles. The predicted octanol–water partition coefficient (Wildman–Crippen LogP) is 2.29. The maximum absolute atomic E-state index is 12.9. The highest BCUT2D eigenvalue weighted by molar-refractivity contribution is 6.01. The summed E-state index contributed by atoms with van der Waals surface area (Å²) in [4.78, 5) is 29.2. The maximum Gasteiger partial charge on any atom is 0.228 e. The number of nitrogens with zero attached hydrogens (tertiary/aromatic N) is 2. The van der Waals surface area contributed by atoms with Crippen LogP contribution in [0.2, 0.25) is 0 Å². The fourth-order valence-electron chi connectivity index (χ4n) is 3.94. The third-order valence-electron chi connectivity index (χ3n) is 5.44. The lowest BCUT2D eigenvalue weighted by Crippen LogP contribution is -2.44. The van der Waals surface area contributed by atoms with Crippen LogP contribution in [0.5, 0.6) is 0 Å². The van der Waals surface area contributed by atoms with Crippen LogP contribution in [0.1, 0.15) is 30.4 Å². The maximum atomic E-state index is 12.9. The minimum absolute atomic E-state index is 0. The molecule has 2 aliphatic heterocycles. The van der Waals surface area contributed by atoms with Crippen molar-refractivity contribution in [2.24, 2.45) is 5.92 Å². The summed E-state index contributed by atoms with van der Waals surface area (Å²) in [7, 11) is 1.92. The molecule has 0 aromatic heterocycles. The molecule has 3 rings (SSSR count). The van der Waals surface area contributed by atoms with E-state index in [-0.39, 0.29) is 36.2 Å². The van der Waals surface area contributed by atoms with Crippen molar-refractivity contribution in [2.45, 2.75) is 39.2 Å². The van der Waals surface area contributed by atoms with Gasteiger partial charge in [-0.3, -0.25) is 9.59 Å². The van der Waals surface area contributed by atoms with Gasteiger partial charge < -0.3 is 15.1 Å². The number of halogens is 1. The van der Waals surface area contributed by atoms with E-state index in [1.165, 1.54) is 5.56 Å². The van der Waals surface area contributed by atoms with Gasteiger partial charge in [0.05, 0.1) is 5.92 Å². The van der Waals surface area contributed by atoms with Gasteiger partial charge >= 0.3 is 0 Å². The minimum Gasteiger partial charge on any atom is -0.338 e. The number of hydrogen-bond acceptors (Lipinski definition) is 3. The Balaban J connectivity index is 0.00000225. The van der Waals surface area contributed by atoms with Gasteiger partial charge in [-0.25, -0.2) is 0 Å². The van der Waals surface area contributed by atoms with Gasteiger partial charge in [-0.05, 0) is 50.9 Å². The van der Waals surface area contributed by atoms with Gasteiger partial charge in [0.2, 0.25) is 11.8 Å². The molecule has 1 N–H and O–H groups in total. The van der Waals surface area contributed by atoms with Crippen molar-refractivity contribution in [1.29, 1.82) is 0 Å². The average Bonchev–Trinajstić information content (AvgIpc) is 3.17. The minimum atomic E-state index is -0.213. The molecule has 0 bridgehead atoms. The monoisotopic (exact) mass is 365 g/mol. The zero-order chi connectivity index (χ0) is 17.3. The summed E-state index contributed by atoms with van der Waals surface area (Å²) < 4.78 is 0. The van der Waals surface area contributed by atoms with E-state index in [0.29, 0.717) is 13.0 Å². The van der Waals surface area contributed by atoms with Crippen LogP contribution >= 0.6 is 12.4 Å². The Kier molecular flexibility index (Phi) is 6.47. The van der Waals surface area contributed by atoms with E-state index in [1.54, 1.807) is 4.90 Å². The molecule has 6 heteroatoms. The van der Waals surface area contributed by atoms with Crippen molar-refractivity contribution >= 4 is 29.9 Å². The molecule has 2 saturated heterocycles. The first-order valence-electron chi connectivity index (χ1n) is 8.84. The zero-order valence-corrected chi connectivity index (χ0v) is 16.1. The summed E-state index contributed by atoms with van der Waals surface area (Å²) in [6, 6.07) is 6.28. The van der Waals surface area contributed by atoms with Gasteiger partial charge in [0.25, 0.3) is 0 Å². The quantitative estimate of drug-likeness (QED) is 0.890. The number of nitrogens with one attached hydrogen (secondary N) is 1. The number of likely N-dealkylation sites (tertiary alicyclic amines) is 1. The van der Waals surface area contributed by atoms with Crippen molar-refractivity contribution in [3.8, 4) is 0 Å². The Hall–Kier alpha value is -1.59. The molecule has 25 heavy (non-hydrogen) atoms. The Morgan fingerprint density at radius 1 is 1.32 bits per heavy atom. The van der Waals surface area contributed by atoms with Crippen LogP contribution < -0.4 is 10.2 Å². The molecular formula is C19H28ClN3O2. The predicted molar refractivity (Wildman–Crippen MR) is 102 cm³/mol. The molecule has 0 radical (unpaired) electrons. The van der Waals surface area contributed by atoms with E-state index in [4.69, 9.17) is 0 Å². The molecule has 2 unspecified atom stereocenters. The number of anilines is 1. The van der Waals surface area contributed by atoms with Gasteiger partial charge in [0.1, 0.15) is 0 Å². The second kappa shape index (κ2) is 8.19. The number of aryl methyl sites for hydroxylation is 1. The van der Waals surface area contributed by atoms with Gasteiger partial charge in [-0.15, -0.1) is 12.4 Å². The summed E-state index contributed by atoms with van der Waals surface area (Å²) >= 11 is 0. The summed E-state index contributed by atoms with van der Waals surface area (Å²) in [5, 5.41) is 3.17. The van der Waals surface area contributed by atoms with Crippen LogP contribution in [-0.4, -0.2) is 49.4 Å². The van der Waals surface area contributed by atoms with Crippen LogP contribution in [0.4, 0.5) is 5.69 Å². The molecule has 2 fully saturated rings. The molecule has 2 amide bonds. The molecule has 0 saturated carbocycles. The SMILES string of the molecule is CNCC1CCCN1C(=O)C1CC(=O)N(c2cccc(C)c2C)C1.Cl. The molecule has 138 valence electrons. The molecule has 1 aromatic rings. The van der Waals surface area contributed by atoms with Gasteiger partial charge in [-0.2, -0.15) is 0 Å². The zero-order valence-electron chi connectivity index (χ0n) is 15.2. The van der Waals surface area contributed by atoms with Crippen LogP contribution in [0, 0.1) is 19.8 Å². The lowest BCUT2D eigenvalue weighted by molar-refractivity contribution is -0.136. The second-order valence-electron chi connectivity index (χ2n) is 7.01. The summed E-state index contributed by atoms with van der Waals surface area (Å²) in [6.45, 7) is 6.24. The molecule has 0 spiro atoms. The van der Waals surface area contributed by atoms with E-state index < -0.39 is 0 Å². The number of carbonyl (C=O) groups excluding carboxylic acids is 2. The van der Waals surface area contributed by atoms with E-state index in [1.807, 2.05) is 31.0 Å². The Morgan fingerprint density at radius 2 is 2.08 bits per heavy atom. The Labute approximate surface area is 156 Å². The van der Waals surface area contributed by atoms with Crippen molar-refractivity contribution in [3.63, 3.8) is 0 Å². The number of carbonyl (C=O) groups is 2. The highest BCUT2D eigenvalue weighted by atomic mass is 35.5. The highest BCUT2D eigenvalue weighted by Gasteiger charge is 2.40. The number of amides is 2. The summed E-state index contributed by atoms with van der Waals surface area (Å²) in [5.41, 5.74) is 3.24. The molecule has 5 nitrogen and oxygen atoms in total. The van der Waals surface area contributed by atoms with Gasteiger partial charge in [0, 0.05) is 37.8 Å². The van der Waals surface area contributed by atoms with Crippen molar-refractivity contribution in [1.82, 2.24) is 10.2 Å².